The SMILES string of the molecule is NCCC[C@H](NC(=O)[C@H](Cc1cnc[nH]1)NC(=O)CCc1ccccc1)C(N)=O. The number of hydrogen-bond acceptors (Lipinski definition) is 5. The first-order chi connectivity index (χ1) is 14.0. The van der Waals surface area contributed by atoms with Crippen molar-refractivity contribution < 1.29 is 14.4 Å². The molecule has 7 N–H and O–H groups in total. The van der Waals surface area contributed by atoms with Gasteiger partial charge in [-0.15, -0.1) is 0 Å². The van der Waals surface area contributed by atoms with Gasteiger partial charge in [-0.05, 0) is 31.4 Å². The number of carbonyl (C=O) groups is 3. The second-order valence-electron chi connectivity index (χ2n) is 6.78. The highest BCUT2D eigenvalue weighted by molar-refractivity contribution is 5.91. The standard InChI is InChI=1S/C20H28N6O3/c21-10-4-7-16(19(22)28)26-20(29)17(11-15-12-23-13-24-15)25-18(27)9-8-14-5-2-1-3-6-14/h1-3,5-6,12-13,16-17H,4,7-11,21H2,(H2,22,28)(H,23,24)(H,25,27)(H,26,29)/t16-,17-/m0/s1. The van der Waals surface area contributed by atoms with E-state index in [9.17, 15) is 14.4 Å². The van der Waals surface area contributed by atoms with Gasteiger partial charge in [0.25, 0.3) is 0 Å². The van der Waals surface area contributed by atoms with Gasteiger partial charge in [-0.25, -0.2) is 4.98 Å². The quantitative estimate of drug-likeness (QED) is 0.333. The van der Waals surface area contributed by atoms with Crippen LogP contribution in [0.1, 0.15) is 30.5 Å². The first-order valence-electron chi connectivity index (χ1n) is 9.60. The number of nitrogens with one attached hydrogen (secondary N) is 3. The predicted octanol–water partition coefficient (Wildman–Crippen LogP) is -0.221. The lowest BCUT2D eigenvalue weighted by Gasteiger charge is -2.21. The Balaban J connectivity index is 2.00. The van der Waals surface area contributed by atoms with Gasteiger partial charge in [-0.1, -0.05) is 30.3 Å². The summed E-state index contributed by atoms with van der Waals surface area (Å²) in [5.41, 5.74) is 12.6. The third kappa shape index (κ3) is 7.74. The first-order valence-corrected chi connectivity index (χ1v) is 9.60. The van der Waals surface area contributed by atoms with Gasteiger partial charge in [0.2, 0.25) is 17.7 Å². The predicted molar refractivity (Wildman–Crippen MR) is 108 cm³/mol. The molecule has 2 rings (SSSR count). The number of benzene rings is 1. The number of carbonyl (C=O) groups excluding carboxylic acids is 3. The van der Waals surface area contributed by atoms with E-state index in [4.69, 9.17) is 11.5 Å². The van der Waals surface area contributed by atoms with Gasteiger partial charge >= 0.3 is 0 Å². The minimum atomic E-state index is -0.863. The van der Waals surface area contributed by atoms with Crippen molar-refractivity contribution in [2.45, 2.75) is 44.2 Å². The van der Waals surface area contributed by atoms with E-state index in [1.807, 2.05) is 30.3 Å². The van der Waals surface area contributed by atoms with Crippen molar-refractivity contribution in [3.8, 4) is 0 Å². The maximum Gasteiger partial charge on any atom is 0.243 e. The Hall–Kier alpha value is -3.20. The molecule has 0 spiro atoms. The number of imidazole rings is 1. The lowest BCUT2D eigenvalue weighted by molar-refractivity contribution is -0.131. The summed E-state index contributed by atoms with van der Waals surface area (Å²) < 4.78 is 0. The molecule has 0 unspecified atom stereocenters. The van der Waals surface area contributed by atoms with Crippen LogP contribution in [0.15, 0.2) is 42.9 Å². The molecule has 0 aliphatic heterocycles. The van der Waals surface area contributed by atoms with Crippen LogP contribution in [0.25, 0.3) is 0 Å². The molecule has 3 amide bonds. The molecular weight excluding hydrogens is 372 g/mol. The molecule has 0 saturated carbocycles. The van der Waals surface area contributed by atoms with Gasteiger partial charge in [0.15, 0.2) is 0 Å². The van der Waals surface area contributed by atoms with E-state index < -0.39 is 23.9 Å². The second-order valence-corrected chi connectivity index (χ2v) is 6.78. The van der Waals surface area contributed by atoms with Gasteiger partial charge in [0.1, 0.15) is 12.1 Å². The summed E-state index contributed by atoms with van der Waals surface area (Å²) in [4.78, 5) is 43.7. The summed E-state index contributed by atoms with van der Waals surface area (Å²) in [6, 6.07) is 7.91. The molecule has 29 heavy (non-hydrogen) atoms. The summed E-state index contributed by atoms with van der Waals surface area (Å²) in [6.45, 7) is 0.382. The molecular formula is C20H28N6O3. The first kappa shape index (κ1) is 22.1. The summed E-state index contributed by atoms with van der Waals surface area (Å²) in [5.74, 6) is -1.37. The summed E-state index contributed by atoms with van der Waals surface area (Å²) in [6.07, 6.45) is 4.98. The maximum absolute atomic E-state index is 12.8. The lowest BCUT2D eigenvalue weighted by atomic mass is 10.1. The number of nitrogens with two attached hydrogens (primary N) is 2. The van der Waals surface area contributed by atoms with Crippen LogP contribution in [0.5, 0.6) is 0 Å². The van der Waals surface area contributed by atoms with Crippen LogP contribution < -0.4 is 22.1 Å². The van der Waals surface area contributed by atoms with Crippen LogP contribution in [0.2, 0.25) is 0 Å². The summed E-state index contributed by atoms with van der Waals surface area (Å²) >= 11 is 0. The number of rotatable bonds is 12. The van der Waals surface area contributed by atoms with E-state index in [-0.39, 0.29) is 18.7 Å². The molecule has 0 aliphatic rings. The maximum atomic E-state index is 12.8. The van der Waals surface area contributed by atoms with Gasteiger partial charge in [-0.3, -0.25) is 14.4 Å². The van der Waals surface area contributed by atoms with Crippen LogP contribution in [-0.2, 0) is 27.2 Å². The number of nitrogens with zero attached hydrogens (tertiary/aromatic N) is 1. The van der Waals surface area contributed by atoms with Gasteiger partial charge < -0.3 is 27.1 Å². The molecule has 9 heteroatoms. The fraction of sp³-hybridized carbons (Fsp3) is 0.400. The van der Waals surface area contributed by atoms with Gasteiger partial charge in [0, 0.05) is 24.7 Å². The third-order valence-corrected chi connectivity index (χ3v) is 4.47. The number of amides is 3. The van der Waals surface area contributed by atoms with Crippen LogP contribution in [0, 0.1) is 0 Å². The average molecular weight is 400 g/mol. The minimum absolute atomic E-state index is 0.214. The Morgan fingerprint density at radius 2 is 1.86 bits per heavy atom. The smallest absolute Gasteiger partial charge is 0.243 e. The van der Waals surface area contributed by atoms with Crippen LogP contribution in [0.3, 0.4) is 0 Å². The van der Waals surface area contributed by atoms with E-state index in [2.05, 4.69) is 20.6 Å². The zero-order valence-electron chi connectivity index (χ0n) is 16.3. The number of primary amides is 1. The molecule has 2 aromatic rings. The monoisotopic (exact) mass is 400 g/mol. The normalized spacial score (nSPS) is 12.7. The van der Waals surface area contributed by atoms with Crippen molar-refractivity contribution in [3.05, 3.63) is 54.1 Å². The van der Waals surface area contributed by atoms with Crippen molar-refractivity contribution in [2.75, 3.05) is 6.54 Å². The highest BCUT2D eigenvalue weighted by Crippen LogP contribution is 2.05. The van der Waals surface area contributed by atoms with Crippen LogP contribution in [-0.4, -0.2) is 46.3 Å². The van der Waals surface area contributed by atoms with Crippen molar-refractivity contribution in [1.82, 2.24) is 20.6 Å². The van der Waals surface area contributed by atoms with Crippen LogP contribution >= 0.6 is 0 Å². The largest absolute Gasteiger partial charge is 0.368 e. The Morgan fingerprint density at radius 3 is 2.48 bits per heavy atom. The number of aromatic nitrogens is 2. The second kappa shape index (κ2) is 11.6. The van der Waals surface area contributed by atoms with Crippen molar-refractivity contribution in [2.24, 2.45) is 11.5 Å². The van der Waals surface area contributed by atoms with E-state index >= 15 is 0 Å². The molecule has 0 radical (unpaired) electrons. The van der Waals surface area contributed by atoms with Gasteiger partial charge in [0.05, 0.1) is 6.33 Å². The molecule has 0 aliphatic carbocycles. The highest BCUT2D eigenvalue weighted by atomic mass is 16.2. The van der Waals surface area contributed by atoms with Crippen LogP contribution in [0.4, 0.5) is 0 Å². The van der Waals surface area contributed by atoms with Crippen molar-refractivity contribution >= 4 is 17.7 Å². The molecule has 0 fully saturated rings. The lowest BCUT2D eigenvalue weighted by Crippen LogP contribution is -2.53. The summed E-state index contributed by atoms with van der Waals surface area (Å²) in [5, 5.41) is 5.38. The van der Waals surface area contributed by atoms with Gasteiger partial charge in [-0.2, -0.15) is 0 Å². The molecule has 0 saturated heterocycles. The van der Waals surface area contributed by atoms with E-state index in [0.717, 1.165) is 5.56 Å². The minimum Gasteiger partial charge on any atom is -0.368 e. The molecule has 1 heterocycles. The van der Waals surface area contributed by atoms with Crippen molar-refractivity contribution in [1.29, 1.82) is 0 Å². The zero-order valence-corrected chi connectivity index (χ0v) is 16.3. The Labute approximate surface area is 169 Å². The Kier molecular flexibility index (Phi) is 8.84. The molecule has 1 aromatic carbocycles. The topological polar surface area (TPSA) is 156 Å². The number of H-pyrrole nitrogens is 1. The van der Waals surface area contributed by atoms with E-state index in [0.29, 0.717) is 31.5 Å². The fourth-order valence-electron chi connectivity index (χ4n) is 2.87. The molecule has 9 nitrogen and oxygen atoms in total. The molecule has 1 aromatic heterocycles. The number of hydrogen-bond donors (Lipinski definition) is 5. The molecule has 2 atom stereocenters. The molecule has 0 bridgehead atoms. The number of aryl methyl sites for hydroxylation is 1. The fourth-order valence-corrected chi connectivity index (χ4v) is 2.87. The third-order valence-electron chi connectivity index (χ3n) is 4.47. The van der Waals surface area contributed by atoms with E-state index in [1.54, 1.807) is 6.20 Å². The zero-order chi connectivity index (χ0) is 21.1. The van der Waals surface area contributed by atoms with E-state index in [1.165, 1.54) is 6.33 Å². The summed E-state index contributed by atoms with van der Waals surface area (Å²) in [7, 11) is 0. The highest BCUT2D eigenvalue weighted by Gasteiger charge is 2.26. The number of aromatic amines is 1. The molecule has 156 valence electrons. The average Bonchev–Trinajstić information content (AvgIpc) is 3.22. The Morgan fingerprint density at radius 1 is 1.10 bits per heavy atom. The van der Waals surface area contributed by atoms with Crippen molar-refractivity contribution in [3.63, 3.8) is 0 Å². The Bertz CT molecular complexity index is 779.